The van der Waals surface area contributed by atoms with E-state index in [4.69, 9.17) is 5.73 Å². The van der Waals surface area contributed by atoms with Gasteiger partial charge in [-0.15, -0.1) is 0 Å². The first-order valence-corrected chi connectivity index (χ1v) is 12.5. The summed E-state index contributed by atoms with van der Waals surface area (Å²) in [6.07, 6.45) is 3.60. The normalized spacial score (nSPS) is 21.2. The van der Waals surface area contributed by atoms with Crippen LogP contribution in [0.4, 0.5) is 11.5 Å². The van der Waals surface area contributed by atoms with Crippen molar-refractivity contribution in [1.82, 2.24) is 9.55 Å². The monoisotopic (exact) mass is 486 g/mol. The number of nitrogens with zero attached hydrogens (tertiary/aromatic N) is 2. The Bertz CT molecular complexity index is 1360. The molecule has 1 amide bonds. The molecule has 8 nitrogen and oxygen atoms in total. The third-order valence-corrected chi connectivity index (χ3v) is 7.51. The Morgan fingerprint density at radius 1 is 0.917 bits per heavy atom. The van der Waals surface area contributed by atoms with Crippen LogP contribution in [0.25, 0.3) is 0 Å². The highest BCUT2D eigenvalue weighted by atomic mass is 16.2. The molecule has 5 rings (SSSR count). The summed E-state index contributed by atoms with van der Waals surface area (Å²) >= 11 is 0. The van der Waals surface area contributed by atoms with Crippen LogP contribution < -0.4 is 21.9 Å². The first-order chi connectivity index (χ1) is 17.4. The summed E-state index contributed by atoms with van der Waals surface area (Å²) in [5.41, 5.74) is 6.78. The van der Waals surface area contributed by atoms with Crippen molar-refractivity contribution in [1.29, 1.82) is 0 Å². The number of Topliss-reactive ketones (excluding diaryl/α,β-unsaturated/α-hetero) is 1. The number of nitrogen functional groups attached to an aromatic ring is 1. The molecule has 2 aliphatic carbocycles. The number of nitrogens with one attached hydrogen (secondary N) is 1. The van der Waals surface area contributed by atoms with Gasteiger partial charge >= 0.3 is 5.69 Å². The molecule has 2 aromatic carbocycles. The zero-order valence-electron chi connectivity index (χ0n) is 20.1. The Balaban J connectivity index is 1.56. The predicted molar refractivity (Wildman–Crippen MR) is 137 cm³/mol. The molecule has 36 heavy (non-hydrogen) atoms. The molecule has 3 N–H and O–H groups in total. The van der Waals surface area contributed by atoms with Crippen molar-refractivity contribution in [3.63, 3.8) is 0 Å². The Morgan fingerprint density at radius 3 is 2.11 bits per heavy atom. The van der Waals surface area contributed by atoms with Gasteiger partial charge in [0.1, 0.15) is 11.6 Å². The van der Waals surface area contributed by atoms with Crippen LogP contribution in [0.2, 0.25) is 0 Å². The molecule has 0 aliphatic heterocycles. The molecule has 2 bridgehead atoms. The summed E-state index contributed by atoms with van der Waals surface area (Å²) in [5.74, 6) is -0.599. The van der Waals surface area contributed by atoms with Crippen LogP contribution in [-0.4, -0.2) is 21.2 Å². The standard InChI is InChI=1S/C28H30N4O4/c29-25-23(26(34)30-28(36)32(25)17-19-10-5-2-6-11-19)31(16-18-8-3-1-4-9-18)27(35)22-14-20-12-7-13-21(15-22)24(20)33/h1-6,8-11,20-22H,7,12-17,29H2,(H,30,34,36). The number of nitrogens with two attached hydrogens (primary N) is 1. The van der Waals surface area contributed by atoms with E-state index in [1.165, 1.54) is 9.47 Å². The SMILES string of the molecule is Nc1c(N(Cc2ccccc2)C(=O)C2CC3CCCC(C2)C3=O)c(=O)[nH]c(=O)n1Cc1ccccc1. The van der Waals surface area contributed by atoms with Crippen molar-refractivity contribution in [2.24, 2.45) is 17.8 Å². The van der Waals surface area contributed by atoms with Gasteiger partial charge in [-0.1, -0.05) is 67.1 Å². The molecule has 8 heteroatoms. The van der Waals surface area contributed by atoms with Gasteiger partial charge in [0, 0.05) is 17.8 Å². The number of benzene rings is 2. The number of rotatable bonds is 6. The van der Waals surface area contributed by atoms with Crippen LogP contribution in [0, 0.1) is 17.8 Å². The molecule has 186 valence electrons. The van der Waals surface area contributed by atoms with Gasteiger partial charge in [0.15, 0.2) is 5.69 Å². The fourth-order valence-corrected chi connectivity index (χ4v) is 5.70. The quantitative estimate of drug-likeness (QED) is 0.555. The van der Waals surface area contributed by atoms with E-state index in [-0.39, 0.29) is 54.0 Å². The van der Waals surface area contributed by atoms with Crippen LogP contribution in [-0.2, 0) is 22.7 Å². The molecule has 0 spiro atoms. The van der Waals surface area contributed by atoms with Gasteiger partial charge in [-0.05, 0) is 36.8 Å². The molecule has 2 fully saturated rings. The van der Waals surface area contributed by atoms with Crippen molar-refractivity contribution in [3.05, 3.63) is 92.6 Å². The van der Waals surface area contributed by atoms with Crippen LogP contribution in [0.1, 0.15) is 43.2 Å². The molecule has 0 saturated heterocycles. The molecule has 2 unspecified atom stereocenters. The van der Waals surface area contributed by atoms with E-state index >= 15 is 0 Å². The largest absolute Gasteiger partial charge is 0.383 e. The average Bonchev–Trinajstić information content (AvgIpc) is 2.86. The average molecular weight is 487 g/mol. The highest BCUT2D eigenvalue weighted by molar-refractivity contribution is 5.98. The molecule has 3 aromatic rings. The molecule has 2 saturated carbocycles. The van der Waals surface area contributed by atoms with Gasteiger partial charge in [-0.2, -0.15) is 0 Å². The second kappa shape index (κ2) is 9.97. The number of hydrogen-bond acceptors (Lipinski definition) is 5. The predicted octanol–water partition coefficient (Wildman–Crippen LogP) is 3.10. The summed E-state index contributed by atoms with van der Waals surface area (Å²) in [7, 11) is 0. The molecule has 1 aromatic heterocycles. The molecule has 2 atom stereocenters. The minimum Gasteiger partial charge on any atom is -0.383 e. The van der Waals surface area contributed by atoms with Gasteiger partial charge in [-0.25, -0.2) is 4.79 Å². The van der Waals surface area contributed by atoms with Gasteiger partial charge in [0.2, 0.25) is 5.91 Å². The highest BCUT2D eigenvalue weighted by Gasteiger charge is 2.43. The molecule has 2 aliphatic rings. The minimum absolute atomic E-state index is 0.0264. The number of carbonyl (C=O) groups is 2. The second-order valence-corrected chi connectivity index (χ2v) is 9.87. The van der Waals surface area contributed by atoms with Gasteiger partial charge < -0.3 is 5.73 Å². The van der Waals surface area contributed by atoms with Gasteiger partial charge in [0.25, 0.3) is 5.56 Å². The highest BCUT2D eigenvalue weighted by Crippen LogP contribution is 2.41. The third kappa shape index (κ3) is 4.63. The number of ketones is 1. The lowest BCUT2D eigenvalue weighted by Crippen LogP contribution is -2.47. The van der Waals surface area contributed by atoms with E-state index in [1.807, 2.05) is 60.7 Å². The Hall–Kier alpha value is -3.94. The summed E-state index contributed by atoms with van der Waals surface area (Å²) in [6.45, 7) is 0.293. The van der Waals surface area contributed by atoms with E-state index in [0.717, 1.165) is 30.4 Å². The molecular weight excluding hydrogens is 456 g/mol. The van der Waals surface area contributed by atoms with Crippen molar-refractivity contribution in [2.75, 3.05) is 10.6 Å². The smallest absolute Gasteiger partial charge is 0.330 e. The number of anilines is 2. The van der Waals surface area contributed by atoms with Crippen molar-refractivity contribution >= 4 is 23.2 Å². The van der Waals surface area contributed by atoms with E-state index < -0.39 is 11.2 Å². The number of amides is 1. The Kier molecular flexibility index (Phi) is 6.59. The number of H-pyrrole nitrogens is 1. The topological polar surface area (TPSA) is 118 Å². The maximum absolute atomic E-state index is 14.0. The third-order valence-electron chi connectivity index (χ3n) is 7.51. The summed E-state index contributed by atoms with van der Waals surface area (Å²) in [4.78, 5) is 56.3. The first kappa shape index (κ1) is 23.8. The van der Waals surface area contributed by atoms with Crippen LogP contribution in [0.15, 0.2) is 70.3 Å². The first-order valence-electron chi connectivity index (χ1n) is 12.5. The van der Waals surface area contributed by atoms with E-state index in [1.54, 1.807) is 0 Å². The van der Waals surface area contributed by atoms with Crippen molar-refractivity contribution in [3.8, 4) is 0 Å². The molecule has 1 heterocycles. The Labute approximate surface area is 208 Å². The van der Waals surface area contributed by atoms with Crippen LogP contribution >= 0.6 is 0 Å². The summed E-state index contributed by atoms with van der Waals surface area (Å²) in [6, 6.07) is 18.7. The maximum atomic E-state index is 14.0. The fourth-order valence-electron chi connectivity index (χ4n) is 5.70. The lowest BCUT2D eigenvalue weighted by Gasteiger charge is -2.39. The Morgan fingerprint density at radius 2 is 1.50 bits per heavy atom. The second-order valence-electron chi connectivity index (χ2n) is 9.87. The van der Waals surface area contributed by atoms with Crippen molar-refractivity contribution < 1.29 is 9.59 Å². The summed E-state index contributed by atoms with van der Waals surface area (Å²) < 4.78 is 1.29. The molecule has 0 radical (unpaired) electrons. The lowest BCUT2D eigenvalue weighted by molar-refractivity contribution is -0.136. The minimum atomic E-state index is -0.696. The van der Waals surface area contributed by atoms with Crippen molar-refractivity contribution in [2.45, 2.75) is 45.2 Å². The molecular formula is C28H30N4O4. The number of fused-ring (bicyclic) bond motifs is 2. The van der Waals surface area contributed by atoms with E-state index in [0.29, 0.717) is 12.8 Å². The van der Waals surface area contributed by atoms with E-state index in [9.17, 15) is 19.2 Å². The number of hydrogen-bond donors (Lipinski definition) is 2. The fraction of sp³-hybridized carbons (Fsp3) is 0.357. The zero-order valence-corrected chi connectivity index (χ0v) is 20.1. The van der Waals surface area contributed by atoms with Crippen LogP contribution in [0.3, 0.4) is 0 Å². The van der Waals surface area contributed by atoms with E-state index in [2.05, 4.69) is 4.98 Å². The maximum Gasteiger partial charge on any atom is 0.330 e. The van der Waals surface area contributed by atoms with Gasteiger partial charge in [0.05, 0.1) is 13.1 Å². The number of carbonyl (C=O) groups excluding carboxylic acids is 2. The lowest BCUT2D eigenvalue weighted by atomic mass is 9.67. The van der Waals surface area contributed by atoms with Crippen LogP contribution in [0.5, 0.6) is 0 Å². The van der Waals surface area contributed by atoms with Gasteiger partial charge in [-0.3, -0.25) is 28.8 Å². The number of aromatic amines is 1. The zero-order chi connectivity index (χ0) is 25.2. The number of aromatic nitrogens is 2. The summed E-state index contributed by atoms with van der Waals surface area (Å²) in [5, 5.41) is 0.